The van der Waals surface area contributed by atoms with E-state index in [1.807, 2.05) is 48.5 Å². The molecule has 32 heavy (non-hydrogen) atoms. The number of ether oxygens (including phenoxy) is 2. The van der Waals surface area contributed by atoms with Crippen molar-refractivity contribution in [3.05, 3.63) is 63.8 Å². The molecule has 0 spiro atoms. The number of carbonyl (C=O) groups is 2. The molecular weight excluding hydrogens is 426 g/mol. The lowest BCUT2D eigenvalue weighted by Gasteiger charge is -2.24. The van der Waals surface area contributed by atoms with E-state index in [1.165, 1.54) is 11.3 Å². The molecule has 0 fully saturated rings. The summed E-state index contributed by atoms with van der Waals surface area (Å²) in [6.45, 7) is 4.72. The number of methoxy groups -OCH3 is 1. The number of amides is 1. The monoisotopic (exact) mass is 451 g/mol. The van der Waals surface area contributed by atoms with Gasteiger partial charge >= 0.3 is 5.97 Å². The number of hydrogen-bond donors (Lipinski definition) is 2. The Morgan fingerprint density at radius 1 is 1.19 bits per heavy atom. The van der Waals surface area contributed by atoms with Crippen molar-refractivity contribution >= 4 is 28.9 Å². The van der Waals surface area contributed by atoms with Crippen LogP contribution in [0.4, 0.5) is 5.69 Å². The Morgan fingerprint density at radius 2 is 1.94 bits per heavy atom. The van der Waals surface area contributed by atoms with E-state index in [2.05, 4.69) is 19.2 Å². The van der Waals surface area contributed by atoms with Crippen molar-refractivity contribution in [1.82, 2.24) is 0 Å². The predicted molar refractivity (Wildman–Crippen MR) is 125 cm³/mol. The summed E-state index contributed by atoms with van der Waals surface area (Å²) in [6, 6.07) is 15.0. The minimum Gasteiger partial charge on any atom is -0.493 e. The summed E-state index contributed by atoms with van der Waals surface area (Å²) in [5.41, 5.74) is 2.78. The van der Waals surface area contributed by atoms with Crippen LogP contribution in [0.1, 0.15) is 46.3 Å². The Hall–Kier alpha value is -3.32. The number of fused-ring (bicyclic) bond motifs is 1. The molecule has 1 amide bonds. The molecule has 2 heterocycles. The molecule has 1 aromatic heterocycles. The maximum atomic E-state index is 12.7. The summed E-state index contributed by atoms with van der Waals surface area (Å²) in [6.07, 6.45) is 0.232. The molecule has 1 aliphatic heterocycles. The molecule has 7 heteroatoms. The summed E-state index contributed by atoms with van der Waals surface area (Å²) in [7, 11) is 1.58. The number of thiophene rings is 1. The van der Waals surface area contributed by atoms with Crippen LogP contribution in [0.3, 0.4) is 0 Å². The van der Waals surface area contributed by atoms with Crippen LogP contribution in [-0.4, -0.2) is 30.7 Å². The number of nitrogens with one attached hydrogen (secondary N) is 1. The number of aromatic carboxylic acids is 1. The average Bonchev–Trinajstić information content (AvgIpc) is 3.17. The van der Waals surface area contributed by atoms with Crippen molar-refractivity contribution in [3.63, 3.8) is 0 Å². The zero-order chi connectivity index (χ0) is 22.8. The second kappa shape index (κ2) is 9.04. The van der Waals surface area contributed by atoms with E-state index in [0.29, 0.717) is 35.3 Å². The van der Waals surface area contributed by atoms with Gasteiger partial charge in [-0.25, -0.2) is 4.79 Å². The van der Waals surface area contributed by atoms with Crippen molar-refractivity contribution in [2.75, 3.05) is 19.0 Å². The van der Waals surface area contributed by atoms with Crippen LogP contribution in [0.15, 0.2) is 48.5 Å². The fraction of sp³-hybridized carbons (Fsp3) is 0.280. The smallest absolute Gasteiger partial charge is 0.346 e. The van der Waals surface area contributed by atoms with Gasteiger partial charge in [0.05, 0.1) is 19.4 Å². The highest BCUT2D eigenvalue weighted by Crippen LogP contribution is 2.50. The fourth-order valence-corrected chi connectivity index (χ4v) is 5.11. The Morgan fingerprint density at radius 3 is 2.59 bits per heavy atom. The molecule has 166 valence electrons. The standard InChI is InChI=1S/C25H25NO5S/c1-14(2)13-31-18-10-9-16(11-19(18)30-3)17-12-20(27)26-22-21(15-7-5-4-6-8-15)24(25(28)29)32-23(17)22/h4-11,14,17H,12-13H2,1-3H3,(H,26,27)(H,28,29)/t17-/m1/s1. The molecule has 0 saturated carbocycles. The Kier molecular flexibility index (Phi) is 6.19. The average molecular weight is 452 g/mol. The summed E-state index contributed by atoms with van der Waals surface area (Å²) in [5.74, 6) is 0.190. The van der Waals surface area contributed by atoms with Gasteiger partial charge in [0.15, 0.2) is 11.5 Å². The van der Waals surface area contributed by atoms with Crippen LogP contribution >= 0.6 is 11.3 Å². The topological polar surface area (TPSA) is 84.9 Å². The quantitative estimate of drug-likeness (QED) is 0.486. The van der Waals surface area contributed by atoms with Gasteiger partial charge in [-0.05, 0) is 29.2 Å². The molecular formula is C25H25NO5S. The summed E-state index contributed by atoms with van der Waals surface area (Å²) in [4.78, 5) is 25.8. The number of rotatable bonds is 7. The van der Waals surface area contributed by atoms with E-state index < -0.39 is 5.97 Å². The van der Waals surface area contributed by atoms with Gasteiger partial charge < -0.3 is 19.9 Å². The normalized spacial score (nSPS) is 15.2. The van der Waals surface area contributed by atoms with Crippen LogP contribution in [0.5, 0.6) is 11.5 Å². The third kappa shape index (κ3) is 4.21. The third-order valence-electron chi connectivity index (χ3n) is 5.32. The number of carboxylic acid groups (broad SMARTS) is 1. The Labute approximate surface area is 190 Å². The number of hydrogen-bond acceptors (Lipinski definition) is 5. The first-order valence-corrected chi connectivity index (χ1v) is 11.3. The van der Waals surface area contributed by atoms with Gasteiger partial charge in [-0.1, -0.05) is 50.2 Å². The highest BCUT2D eigenvalue weighted by atomic mass is 32.1. The van der Waals surface area contributed by atoms with Crippen LogP contribution in [-0.2, 0) is 4.79 Å². The Bertz CT molecular complexity index is 1150. The van der Waals surface area contributed by atoms with Crippen molar-refractivity contribution in [1.29, 1.82) is 0 Å². The van der Waals surface area contributed by atoms with Crippen LogP contribution in [0.2, 0.25) is 0 Å². The highest BCUT2D eigenvalue weighted by Gasteiger charge is 2.34. The zero-order valence-electron chi connectivity index (χ0n) is 18.2. The lowest BCUT2D eigenvalue weighted by molar-refractivity contribution is -0.116. The number of carboxylic acids is 1. The number of carbonyl (C=O) groups excluding carboxylic acids is 1. The van der Waals surface area contributed by atoms with Crippen LogP contribution in [0.25, 0.3) is 11.1 Å². The Balaban J connectivity index is 1.81. The van der Waals surface area contributed by atoms with Gasteiger partial charge in [-0.2, -0.15) is 0 Å². The number of benzene rings is 2. The maximum absolute atomic E-state index is 12.7. The molecule has 0 bridgehead atoms. The van der Waals surface area contributed by atoms with Gasteiger partial charge in [0, 0.05) is 22.8 Å². The first kappa shape index (κ1) is 21.9. The lowest BCUT2D eigenvalue weighted by Crippen LogP contribution is -2.22. The van der Waals surface area contributed by atoms with Gasteiger partial charge in [0.25, 0.3) is 0 Å². The molecule has 0 unspecified atom stereocenters. The van der Waals surface area contributed by atoms with E-state index >= 15 is 0 Å². The van der Waals surface area contributed by atoms with E-state index in [9.17, 15) is 14.7 Å². The molecule has 2 N–H and O–H groups in total. The molecule has 3 aromatic rings. The largest absolute Gasteiger partial charge is 0.493 e. The SMILES string of the molecule is COc1cc([C@H]2CC(=O)Nc3c2sc(C(=O)O)c3-c2ccccc2)ccc1OCC(C)C. The molecule has 0 aliphatic carbocycles. The molecule has 4 rings (SSSR count). The van der Waals surface area contributed by atoms with E-state index in [0.717, 1.165) is 16.0 Å². The van der Waals surface area contributed by atoms with E-state index in [-0.39, 0.29) is 23.1 Å². The minimum absolute atomic E-state index is 0.145. The second-order valence-electron chi connectivity index (χ2n) is 8.14. The van der Waals surface area contributed by atoms with Gasteiger partial charge in [-0.15, -0.1) is 11.3 Å². The highest BCUT2D eigenvalue weighted by molar-refractivity contribution is 7.15. The summed E-state index contributed by atoms with van der Waals surface area (Å²) < 4.78 is 11.4. The lowest BCUT2D eigenvalue weighted by atomic mass is 9.88. The first-order valence-electron chi connectivity index (χ1n) is 10.4. The second-order valence-corrected chi connectivity index (χ2v) is 9.19. The van der Waals surface area contributed by atoms with Crippen molar-refractivity contribution < 1.29 is 24.2 Å². The minimum atomic E-state index is -1.01. The molecule has 1 aliphatic rings. The molecule has 6 nitrogen and oxygen atoms in total. The number of anilines is 1. The summed E-state index contributed by atoms with van der Waals surface area (Å²) in [5, 5.41) is 12.8. The van der Waals surface area contributed by atoms with Crippen molar-refractivity contribution in [2.24, 2.45) is 5.92 Å². The molecule has 0 saturated heterocycles. The van der Waals surface area contributed by atoms with Gasteiger partial charge in [-0.3, -0.25) is 4.79 Å². The van der Waals surface area contributed by atoms with Crippen molar-refractivity contribution in [3.8, 4) is 22.6 Å². The maximum Gasteiger partial charge on any atom is 0.346 e. The molecule has 0 radical (unpaired) electrons. The predicted octanol–water partition coefficient (Wildman–Crippen LogP) is 5.63. The fourth-order valence-electron chi connectivity index (χ4n) is 3.86. The summed E-state index contributed by atoms with van der Waals surface area (Å²) >= 11 is 1.22. The van der Waals surface area contributed by atoms with E-state index in [4.69, 9.17) is 9.47 Å². The van der Waals surface area contributed by atoms with E-state index in [1.54, 1.807) is 7.11 Å². The van der Waals surface area contributed by atoms with Crippen molar-refractivity contribution in [2.45, 2.75) is 26.2 Å². The first-order chi connectivity index (χ1) is 15.4. The molecule has 1 atom stereocenters. The molecule has 2 aromatic carbocycles. The van der Waals surface area contributed by atoms with Crippen LogP contribution < -0.4 is 14.8 Å². The van der Waals surface area contributed by atoms with Crippen LogP contribution in [0, 0.1) is 5.92 Å². The van der Waals surface area contributed by atoms with Gasteiger partial charge in [0.1, 0.15) is 4.88 Å². The third-order valence-corrected chi connectivity index (χ3v) is 6.62. The zero-order valence-corrected chi connectivity index (χ0v) is 19.0. The van der Waals surface area contributed by atoms with Gasteiger partial charge in [0.2, 0.25) is 5.91 Å².